The number of carbonyl (C=O) groups is 1. The summed E-state index contributed by atoms with van der Waals surface area (Å²) in [5.74, 6) is -2.82. The fourth-order valence-electron chi connectivity index (χ4n) is 5.63. The number of nitrogens with zero attached hydrogens (tertiary/aromatic N) is 2. The lowest BCUT2D eigenvalue weighted by Crippen LogP contribution is -2.28. The molecule has 8 heteroatoms. The number of halogens is 3. The number of benzene rings is 3. The molecular formula is C29H22BrF2N3O2. The number of hydrogen-bond donors (Lipinski definition) is 1. The third kappa shape index (κ3) is 3.73. The van der Waals surface area contributed by atoms with E-state index in [2.05, 4.69) is 25.9 Å². The molecule has 0 amide bonds. The van der Waals surface area contributed by atoms with E-state index in [0.29, 0.717) is 44.8 Å². The van der Waals surface area contributed by atoms with Crippen molar-refractivity contribution in [1.29, 1.82) is 0 Å². The number of carbonyl (C=O) groups excluding carboxylic acids is 1. The van der Waals surface area contributed by atoms with Crippen molar-refractivity contribution in [3.8, 4) is 22.4 Å². The molecule has 5 nitrogen and oxygen atoms in total. The van der Waals surface area contributed by atoms with Gasteiger partial charge in [-0.25, -0.2) is 9.78 Å². The van der Waals surface area contributed by atoms with E-state index in [1.807, 2.05) is 12.1 Å². The van der Waals surface area contributed by atoms with Crippen molar-refractivity contribution in [1.82, 2.24) is 15.0 Å². The molecule has 0 radical (unpaired) electrons. The Morgan fingerprint density at radius 3 is 2.51 bits per heavy atom. The molecule has 4 aromatic rings. The largest absolute Gasteiger partial charge is 0.363 e. The zero-order valence-corrected chi connectivity index (χ0v) is 21.3. The summed E-state index contributed by atoms with van der Waals surface area (Å²) in [5.41, 5.74) is 3.02. The first-order valence-corrected chi connectivity index (χ1v) is 13.0. The van der Waals surface area contributed by atoms with Crippen LogP contribution in [0.25, 0.3) is 22.4 Å². The van der Waals surface area contributed by atoms with Crippen molar-refractivity contribution >= 4 is 21.9 Å². The molecule has 0 bridgehead atoms. The van der Waals surface area contributed by atoms with Crippen molar-refractivity contribution in [3.05, 3.63) is 99.9 Å². The molecule has 1 spiro atoms. The third-order valence-corrected chi connectivity index (χ3v) is 8.32. The normalized spacial score (nSPS) is 20.6. The minimum atomic E-state index is -3.08. The highest BCUT2D eigenvalue weighted by molar-refractivity contribution is 9.10. The van der Waals surface area contributed by atoms with Gasteiger partial charge in [0, 0.05) is 27.7 Å². The van der Waals surface area contributed by atoms with Crippen molar-refractivity contribution in [3.63, 3.8) is 0 Å². The lowest BCUT2D eigenvalue weighted by Gasteiger charge is -2.21. The molecule has 1 aromatic heterocycles. The van der Waals surface area contributed by atoms with E-state index in [1.54, 1.807) is 59.8 Å². The molecule has 1 atom stereocenters. The Kier molecular flexibility index (Phi) is 4.97. The Bertz CT molecular complexity index is 1550. The Morgan fingerprint density at radius 1 is 1.03 bits per heavy atom. The molecular weight excluding hydrogens is 540 g/mol. The molecule has 0 unspecified atom stereocenters. The highest BCUT2D eigenvalue weighted by Crippen LogP contribution is 2.58. The summed E-state index contributed by atoms with van der Waals surface area (Å²) < 4.78 is 31.3. The molecule has 2 heterocycles. The second kappa shape index (κ2) is 8.07. The Balaban J connectivity index is 1.18. The molecule has 3 aromatic carbocycles. The Hall–Kier alpha value is -3.36. The first-order chi connectivity index (χ1) is 17.8. The second-order valence-corrected chi connectivity index (χ2v) is 11.2. The zero-order valence-electron chi connectivity index (χ0n) is 19.7. The summed E-state index contributed by atoms with van der Waals surface area (Å²) in [6, 6.07) is 18.8. The van der Waals surface area contributed by atoms with Gasteiger partial charge in [-0.1, -0.05) is 52.3 Å². The standard InChI is InChI=1S/C29H22BrF2N3O2/c30-19-7-9-21-20-8-6-18(12-22(20)29(31,32)23(21)13-19)24-15-33-26(34-24)25-14-28(10-11-28)16-35(25)37-27(36)17-4-2-1-3-5-17/h1-9,12-13,15,25H,10-11,14,16H2,(H,33,34)/t25-/m0/s1. The van der Waals surface area contributed by atoms with Crippen LogP contribution in [0.1, 0.15) is 52.6 Å². The van der Waals surface area contributed by atoms with Gasteiger partial charge in [0.1, 0.15) is 11.9 Å². The molecule has 186 valence electrons. The van der Waals surface area contributed by atoms with Crippen LogP contribution in [0.3, 0.4) is 0 Å². The summed E-state index contributed by atoms with van der Waals surface area (Å²) in [6.07, 6.45) is 4.68. The van der Waals surface area contributed by atoms with Gasteiger partial charge in [-0.05, 0) is 66.1 Å². The van der Waals surface area contributed by atoms with Gasteiger partial charge in [0.15, 0.2) is 0 Å². The van der Waals surface area contributed by atoms with Crippen molar-refractivity contribution < 1.29 is 18.4 Å². The topological polar surface area (TPSA) is 58.2 Å². The smallest absolute Gasteiger partial charge is 0.357 e. The maximum atomic E-state index is 15.4. The highest BCUT2D eigenvalue weighted by atomic mass is 79.9. The predicted octanol–water partition coefficient (Wildman–Crippen LogP) is 7.26. The molecule has 2 aliphatic carbocycles. The molecule has 1 N–H and O–H groups in total. The van der Waals surface area contributed by atoms with Crippen LogP contribution in [0.4, 0.5) is 8.78 Å². The number of aromatic nitrogens is 2. The van der Waals surface area contributed by atoms with E-state index in [9.17, 15) is 4.79 Å². The van der Waals surface area contributed by atoms with Crippen LogP contribution < -0.4 is 0 Å². The second-order valence-electron chi connectivity index (χ2n) is 10.2. The summed E-state index contributed by atoms with van der Waals surface area (Å²) in [6.45, 7) is 0.658. The summed E-state index contributed by atoms with van der Waals surface area (Å²) in [4.78, 5) is 26.5. The molecule has 7 rings (SSSR count). The first kappa shape index (κ1) is 22.8. The lowest BCUT2D eigenvalue weighted by molar-refractivity contribution is -0.124. The quantitative estimate of drug-likeness (QED) is 0.285. The van der Waals surface area contributed by atoms with Crippen LogP contribution in [-0.4, -0.2) is 27.5 Å². The number of alkyl halides is 2. The van der Waals surface area contributed by atoms with Crippen LogP contribution >= 0.6 is 15.9 Å². The van der Waals surface area contributed by atoms with Crippen LogP contribution in [0.2, 0.25) is 0 Å². The first-order valence-electron chi connectivity index (χ1n) is 12.3. The van der Waals surface area contributed by atoms with Gasteiger partial charge in [-0.3, -0.25) is 0 Å². The number of rotatable bonds is 4. The van der Waals surface area contributed by atoms with E-state index in [1.165, 1.54) is 6.07 Å². The van der Waals surface area contributed by atoms with Crippen molar-refractivity contribution in [2.24, 2.45) is 5.41 Å². The minimum Gasteiger partial charge on any atom is -0.363 e. The Morgan fingerprint density at radius 2 is 1.76 bits per heavy atom. The summed E-state index contributed by atoms with van der Waals surface area (Å²) >= 11 is 3.31. The van der Waals surface area contributed by atoms with E-state index in [-0.39, 0.29) is 22.6 Å². The maximum Gasteiger partial charge on any atom is 0.357 e. The average Bonchev–Trinajstić information content (AvgIpc) is 3.22. The van der Waals surface area contributed by atoms with E-state index in [4.69, 9.17) is 4.84 Å². The number of aromatic amines is 1. The van der Waals surface area contributed by atoms with E-state index < -0.39 is 11.9 Å². The number of H-pyrrole nitrogens is 1. The number of hydroxylamine groups is 2. The third-order valence-electron chi connectivity index (χ3n) is 7.82. The SMILES string of the molecule is O=C(ON1CC2(CC2)C[C@H]1c1ncc(-c2ccc3c(c2)C(F)(F)c2cc(Br)ccc2-3)[nH]1)c1ccccc1. The highest BCUT2D eigenvalue weighted by Gasteiger charge is 2.54. The summed E-state index contributed by atoms with van der Waals surface area (Å²) in [7, 11) is 0. The molecule has 1 saturated heterocycles. The zero-order chi connectivity index (χ0) is 25.4. The van der Waals surface area contributed by atoms with E-state index >= 15 is 8.78 Å². The monoisotopic (exact) mass is 561 g/mol. The average molecular weight is 562 g/mol. The van der Waals surface area contributed by atoms with Crippen molar-refractivity contribution in [2.45, 2.75) is 31.2 Å². The maximum absolute atomic E-state index is 15.4. The van der Waals surface area contributed by atoms with Crippen LogP contribution in [0, 0.1) is 5.41 Å². The van der Waals surface area contributed by atoms with Crippen LogP contribution in [0.15, 0.2) is 77.4 Å². The fraction of sp³-hybridized carbons (Fsp3) is 0.241. The van der Waals surface area contributed by atoms with E-state index in [0.717, 1.165) is 19.3 Å². The van der Waals surface area contributed by atoms with Gasteiger partial charge in [0.25, 0.3) is 5.92 Å². The van der Waals surface area contributed by atoms with Gasteiger partial charge >= 0.3 is 5.97 Å². The molecule has 1 saturated carbocycles. The van der Waals surface area contributed by atoms with Gasteiger partial charge in [0.2, 0.25) is 0 Å². The molecule has 2 fully saturated rings. The van der Waals surface area contributed by atoms with Gasteiger partial charge in [0.05, 0.1) is 17.5 Å². The van der Waals surface area contributed by atoms with Crippen LogP contribution in [-0.2, 0) is 10.8 Å². The number of fused-ring (bicyclic) bond motifs is 3. The van der Waals surface area contributed by atoms with Crippen molar-refractivity contribution in [2.75, 3.05) is 6.54 Å². The minimum absolute atomic E-state index is 0.00883. The lowest BCUT2D eigenvalue weighted by atomic mass is 10.0. The van der Waals surface area contributed by atoms with Gasteiger partial charge in [-0.15, -0.1) is 5.06 Å². The molecule has 37 heavy (non-hydrogen) atoms. The molecule has 1 aliphatic heterocycles. The number of hydrogen-bond acceptors (Lipinski definition) is 4. The van der Waals surface area contributed by atoms with Crippen LogP contribution in [0.5, 0.6) is 0 Å². The summed E-state index contributed by atoms with van der Waals surface area (Å²) in [5, 5.41) is 1.73. The fourth-order valence-corrected chi connectivity index (χ4v) is 6.00. The predicted molar refractivity (Wildman–Crippen MR) is 138 cm³/mol. The number of nitrogens with one attached hydrogen (secondary N) is 1. The van der Waals surface area contributed by atoms with Gasteiger partial charge < -0.3 is 9.82 Å². The van der Waals surface area contributed by atoms with Gasteiger partial charge in [-0.2, -0.15) is 8.78 Å². The molecule has 3 aliphatic rings. The number of imidazole rings is 1. The Labute approximate surface area is 220 Å².